The highest BCUT2D eigenvalue weighted by molar-refractivity contribution is 5.79. The van der Waals surface area contributed by atoms with E-state index in [0.717, 1.165) is 17.4 Å². The summed E-state index contributed by atoms with van der Waals surface area (Å²) in [7, 11) is 5.27. The zero-order valence-electron chi connectivity index (χ0n) is 14.7. The van der Waals surface area contributed by atoms with E-state index in [2.05, 4.69) is 10.3 Å². The summed E-state index contributed by atoms with van der Waals surface area (Å²) in [5, 5.41) is 3.21. The fraction of sp³-hybridized carbons (Fsp3) is 0.316. The third kappa shape index (κ3) is 5.74. The lowest BCUT2D eigenvalue weighted by Gasteiger charge is -2.22. The van der Waals surface area contributed by atoms with Crippen LogP contribution in [0.3, 0.4) is 0 Å². The molecule has 0 aliphatic heterocycles. The van der Waals surface area contributed by atoms with E-state index < -0.39 is 11.6 Å². The molecular weight excluding hydrogens is 324 g/mol. The normalized spacial score (nSPS) is 11.3. The molecular formula is C19H23F2N3O. The molecule has 0 saturated carbocycles. The second-order valence-corrected chi connectivity index (χ2v) is 5.71. The summed E-state index contributed by atoms with van der Waals surface area (Å²) in [6, 6.07) is 11.4. The van der Waals surface area contributed by atoms with Crippen LogP contribution in [0.5, 0.6) is 5.75 Å². The number of hydrogen-bond acceptors (Lipinski definition) is 2. The first-order valence-electron chi connectivity index (χ1n) is 8.01. The molecule has 0 unspecified atom stereocenters. The van der Waals surface area contributed by atoms with Gasteiger partial charge in [-0.25, -0.2) is 8.78 Å². The minimum atomic E-state index is -0.559. The van der Waals surface area contributed by atoms with E-state index in [0.29, 0.717) is 31.0 Å². The minimum absolute atomic E-state index is 0.504. The number of rotatable bonds is 6. The maximum atomic E-state index is 13.2. The Kier molecular flexibility index (Phi) is 6.74. The number of nitrogens with one attached hydrogen (secondary N) is 1. The van der Waals surface area contributed by atoms with E-state index in [-0.39, 0.29) is 0 Å². The van der Waals surface area contributed by atoms with Crippen molar-refractivity contribution in [1.82, 2.24) is 10.2 Å². The van der Waals surface area contributed by atoms with Gasteiger partial charge in [0.25, 0.3) is 0 Å². The molecule has 0 atom stereocenters. The molecule has 2 aromatic rings. The number of guanidine groups is 1. The molecule has 4 nitrogen and oxygen atoms in total. The van der Waals surface area contributed by atoms with Gasteiger partial charge in [0.05, 0.1) is 7.11 Å². The lowest BCUT2D eigenvalue weighted by atomic mass is 10.1. The molecule has 0 amide bonds. The first kappa shape index (κ1) is 18.7. The zero-order chi connectivity index (χ0) is 18.2. The minimum Gasteiger partial charge on any atom is -0.497 e. The molecule has 0 saturated heterocycles. The van der Waals surface area contributed by atoms with Gasteiger partial charge in [-0.15, -0.1) is 0 Å². The van der Waals surface area contributed by atoms with Crippen LogP contribution in [0.15, 0.2) is 47.5 Å². The number of nitrogens with zero attached hydrogens (tertiary/aromatic N) is 2. The van der Waals surface area contributed by atoms with Gasteiger partial charge in [-0.05, 0) is 41.8 Å². The highest BCUT2D eigenvalue weighted by Gasteiger charge is 2.07. The number of hydrogen-bond donors (Lipinski definition) is 1. The first-order valence-corrected chi connectivity index (χ1v) is 8.01. The lowest BCUT2D eigenvalue weighted by molar-refractivity contribution is 0.414. The topological polar surface area (TPSA) is 36.9 Å². The summed E-state index contributed by atoms with van der Waals surface area (Å²) in [4.78, 5) is 6.22. The van der Waals surface area contributed by atoms with E-state index in [1.165, 1.54) is 12.1 Å². The van der Waals surface area contributed by atoms with Gasteiger partial charge < -0.3 is 15.0 Å². The summed E-state index contributed by atoms with van der Waals surface area (Å²) >= 11 is 0. The fourth-order valence-electron chi connectivity index (χ4n) is 2.54. The smallest absolute Gasteiger partial charge is 0.193 e. The van der Waals surface area contributed by atoms with Crippen molar-refractivity contribution < 1.29 is 13.5 Å². The number of methoxy groups -OCH3 is 1. The number of aliphatic imine (C=N–C) groups is 1. The molecule has 0 radical (unpaired) electrons. The molecule has 0 aliphatic carbocycles. The monoisotopic (exact) mass is 347 g/mol. The molecule has 6 heteroatoms. The average molecular weight is 347 g/mol. The van der Waals surface area contributed by atoms with Gasteiger partial charge in [-0.1, -0.05) is 12.1 Å². The van der Waals surface area contributed by atoms with Crippen molar-refractivity contribution >= 4 is 5.96 Å². The van der Waals surface area contributed by atoms with Crippen molar-refractivity contribution in [3.8, 4) is 5.75 Å². The highest BCUT2D eigenvalue weighted by Crippen LogP contribution is 2.12. The molecule has 0 bridgehead atoms. The Morgan fingerprint density at radius 3 is 2.28 bits per heavy atom. The van der Waals surface area contributed by atoms with Gasteiger partial charge >= 0.3 is 0 Å². The molecule has 0 spiro atoms. The average Bonchev–Trinajstić information content (AvgIpc) is 2.58. The SMILES string of the molecule is CN=C(NCCc1cc(F)cc(F)c1)N(C)Cc1ccc(OC)cc1. The number of benzene rings is 2. The Balaban J connectivity index is 1.88. The third-order valence-electron chi connectivity index (χ3n) is 3.77. The van der Waals surface area contributed by atoms with E-state index in [4.69, 9.17) is 4.74 Å². The van der Waals surface area contributed by atoms with Crippen LogP contribution in [0.4, 0.5) is 8.78 Å². The van der Waals surface area contributed by atoms with E-state index >= 15 is 0 Å². The maximum absolute atomic E-state index is 13.2. The third-order valence-corrected chi connectivity index (χ3v) is 3.77. The number of halogens is 2. The van der Waals surface area contributed by atoms with Gasteiger partial charge in [0.1, 0.15) is 17.4 Å². The van der Waals surface area contributed by atoms with Crippen LogP contribution in [0.1, 0.15) is 11.1 Å². The Bertz CT molecular complexity index is 697. The molecule has 2 rings (SSSR count). The molecule has 2 aromatic carbocycles. The molecule has 0 aromatic heterocycles. The summed E-state index contributed by atoms with van der Waals surface area (Å²) in [5.74, 6) is 0.413. The van der Waals surface area contributed by atoms with E-state index in [1.807, 2.05) is 36.2 Å². The van der Waals surface area contributed by atoms with Crippen LogP contribution >= 0.6 is 0 Å². The lowest BCUT2D eigenvalue weighted by Crippen LogP contribution is -2.39. The van der Waals surface area contributed by atoms with Crippen LogP contribution in [0, 0.1) is 11.6 Å². The quantitative estimate of drug-likeness (QED) is 0.644. The van der Waals surface area contributed by atoms with Crippen molar-refractivity contribution in [2.45, 2.75) is 13.0 Å². The van der Waals surface area contributed by atoms with Crippen LogP contribution in [0.2, 0.25) is 0 Å². The fourth-order valence-corrected chi connectivity index (χ4v) is 2.54. The summed E-state index contributed by atoms with van der Waals surface area (Å²) in [6.45, 7) is 1.21. The zero-order valence-corrected chi connectivity index (χ0v) is 14.7. The van der Waals surface area contributed by atoms with E-state index in [9.17, 15) is 8.78 Å². The Hall–Kier alpha value is -2.63. The molecule has 0 heterocycles. The van der Waals surface area contributed by atoms with Gasteiger partial charge in [0.15, 0.2) is 5.96 Å². The molecule has 0 fully saturated rings. The van der Waals surface area contributed by atoms with Crippen LogP contribution in [0.25, 0.3) is 0 Å². The van der Waals surface area contributed by atoms with Crippen LogP contribution in [-0.2, 0) is 13.0 Å². The number of ether oxygens (including phenoxy) is 1. The standard InChI is InChI=1S/C19H23F2N3O/c1-22-19(23-9-8-15-10-16(20)12-17(21)11-15)24(2)13-14-4-6-18(25-3)7-5-14/h4-7,10-12H,8-9,13H2,1-3H3,(H,22,23). The van der Waals surface area contributed by atoms with Gasteiger partial charge in [-0.2, -0.15) is 0 Å². The summed E-state index contributed by atoms with van der Waals surface area (Å²) < 4.78 is 31.6. The predicted molar refractivity (Wildman–Crippen MR) is 95.9 cm³/mol. The van der Waals surface area contributed by atoms with Crippen molar-refractivity contribution in [1.29, 1.82) is 0 Å². The van der Waals surface area contributed by atoms with E-state index in [1.54, 1.807) is 14.2 Å². The van der Waals surface area contributed by atoms with Gasteiger partial charge in [0.2, 0.25) is 0 Å². The highest BCUT2D eigenvalue weighted by atomic mass is 19.1. The Morgan fingerprint density at radius 1 is 1.08 bits per heavy atom. The second kappa shape index (κ2) is 9.01. The first-order chi connectivity index (χ1) is 12.0. The van der Waals surface area contributed by atoms with Crippen LogP contribution in [-0.4, -0.2) is 38.6 Å². The summed E-state index contributed by atoms with van der Waals surface area (Å²) in [6.07, 6.45) is 0.504. The van der Waals surface area contributed by atoms with Crippen molar-refractivity contribution in [2.24, 2.45) is 4.99 Å². The van der Waals surface area contributed by atoms with Crippen LogP contribution < -0.4 is 10.1 Å². The molecule has 0 aliphatic rings. The maximum Gasteiger partial charge on any atom is 0.193 e. The Morgan fingerprint density at radius 2 is 1.72 bits per heavy atom. The van der Waals surface area contributed by atoms with Gasteiger partial charge in [-0.3, -0.25) is 4.99 Å². The Labute approximate surface area is 147 Å². The summed E-state index contributed by atoms with van der Waals surface area (Å²) in [5.41, 5.74) is 1.73. The van der Waals surface area contributed by atoms with Crippen molar-refractivity contribution in [2.75, 3.05) is 27.7 Å². The van der Waals surface area contributed by atoms with Crippen molar-refractivity contribution in [3.63, 3.8) is 0 Å². The van der Waals surface area contributed by atoms with Crippen molar-refractivity contribution in [3.05, 3.63) is 65.2 Å². The molecule has 1 N–H and O–H groups in total. The molecule has 25 heavy (non-hydrogen) atoms. The van der Waals surface area contributed by atoms with Gasteiger partial charge in [0, 0.05) is 33.3 Å². The molecule has 134 valence electrons. The predicted octanol–water partition coefficient (Wildman–Crippen LogP) is 3.22. The largest absolute Gasteiger partial charge is 0.497 e. The second-order valence-electron chi connectivity index (χ2n) is 5.71.